The molecule has 0 spiro atoms. The average Bonchev–Trinajstić information content (AvgIpc) is 3.34. The first kappa shape index (κ1) is 15.9. The van der Waals surface area contributed by atoms with E-state index in [-0.39, 0.29) is 22.8 Å². The molecule has 4 rings (SSSR count). The van der Waals surface area contributed by atoms with Crippen LogP contribution in [0.1, 0.15) is 23.3 Å². The minimum absolute atomic E-state index is 0.217. The van der Waals surface area contributed by atoms with E-state index in [4.69, 9.17) is 11.6 Å². The van der Waals surface area contributed by atoms with Gasteiger partial charge in [-0.05, 0) is 24.8 Å². The van der Waals surface area contributed by atoms with Crippen LogP contribution in [-0.4, -0.2) is 26.4 Å². The maximum atomic E-state index is 12.7. The largest absolute Gasteiger partial charge is 0.350 e. The molecule has 2 aromatic heterocycles. The van der Waals surface area contributed by atoms with Crippen LogP contribution >= 0.6 is 11.6 Å². The van der Waals surface area contributed by atoms with Crippen molar-refractivity contribution in [1.82, 2.24) is 19.3 Å². The SMILES string of the molecule is Cn1c(-c2ccccc2Cl)cn2cc(C(=O)NCC3CC3)nc2c1=O. The van der Waals surface area contributed by atoms with Crippen molar-refractivity contribution in [2.45, 2.75) is 12.8 Å². The molecule has 1 aliphatic rings. The molecule has 1 fully saturated rings. The molecule has 0 bridgehead atoms. The van der Waals surface area contributed by atoms with Gasteiger partial charge in [0.2, 0.25) is 5.65 Å². The van der Waals surface area contributed by atoms with E-state index in [0.717, 1.165) is 18.4 Å². The molecule has 2 heterocycles. The van der Waals surface area contributed by atoms with E-state index in [2.05, 4.69) is 10.3 Å². The fraction of sp³-hybridized carbons (Fsp3) is 0.278. The molecule has 1 amide bonds. The lowest BCUT2D eigenvalue weighted by Crippen LogP contribution is -2.26. The molecule has 1 aliphatic carbocycles. The van der Waals surface area contributed by atoms with Gasteiger partial charge in [0, 0.05) is 36.6 Å². The molecular formula is C18H17ClN4O2. The molecule has 0 atom stereocenters. The summed E-state index contributed by atoms with van der Waals surface area (Å²) < 4.78 is 3.09. The smallest absolute Gasteiger partial charge is 0.294 e. The van der Waals surface area contributed by atoms with E-state index in [1.54, 1.807) is 29.9 Å². The zero-order valence-electron chi connectivity index (χ0n) is 13.7. The lowest BCUT2D eigenvalue weighted by molar-refractivity contribution is 0.0947. The van der Waals surface area contributed by atoms with E-state index in [1.807, 2.05) is 18.2 Å². The summed E-state index contributed by atoms with van der Waals surface area (Å²) in [5.41, 5.74) is 1.59. The van der Waals surface area contributed by atoms with Crippen molar-refractivity contribution < 1.29 is 4.79 Å². The summed E-state index contributed by atoms with van der Waals surface area (Å²) in [5.74, 6) is 0.331. The molecule has 0 radical (unpaired) electrons. The van der Waals surface area contributed by atoms with Crippen LogP contribution in [-0.2, 0) is 7.05 Å². The number of aromatic nitrogens is 3. The highest BCUT2D eigenvalue weighted by atomic mass is 35.5. The third-order valence-electron chi connectivity index (χ3n) is 4.48. The number of imidazole rings is 1. The Morgan fingerprint density at radius 1 is 1.32 bits per heavy atom. The normalized spacial score (nSPS) is 14.0. The number of rotatable bonds is 4. The van der Waals surface area contributed by atoms with Crippen molar-refractivity contribution in [2.24, 2.45) is 13.0 Å². The molecule has 0 saturated heterocycles. The average molecular weight is 357 g/mol. The summed E-state index contributed by atoms with van der Waals surface area (Å²) in [6, 6.07) is 7.32. The molecular weight excluding hydrogens is 340 g/mol. The molecule has 0 unspecified atom stereocenters. The van der Waals surface area contributed by atoms with Crippen LogP contribution < -0.4 is 10.9 Å². The van der Waals surface area contributed by atoms with Gasteiger partial charge in [-0.25, -0.2) is 4.98 Å². The van der Waals surface area contributed by atoms with Gasteiger partial charge >= 0.3 is 0 Å². The highest BCUT2D eigenvalue weighted by molar-refractivity contribution is 6.33. The van der Waals surface area contributed by atoms with Crippen LogP contribution in [0, 0.1) is 5.92 Å². The molecule has 1 N–H and O–H groups in total. The first-order chi connectivity index (χ1) is 12.0. The van der Waals surface area contributed by atoms with Crippen molar-refractivity contribution in [3.05, 3.63) is 57.7 Å². The predicted octanol–water partition coefficient (Wildman–Crippen LogP) is 2.49. The monoisotopic (exact) mass is 356 g/mol. The number of fused-ring (bicyclic) bond motifs is 1. The Hall–Kier alpha value is -2.60. The summed E-state index contributed by atoms with van der Waals surface area (Å²) in [7, 11) is 1.67. The Labute approximate surface area is 149 Å². The van der Waals surface area contributed by atoms with Gasteiger partial charge in [-0.3, -0.25) is 14.0 Å². The Morgan fingerprint density at radius 2 is 2.08 bits per heavy atom. The number of halogens is 1. The van der Waals surface area contributed by atoms with E-state index in [9.17, 15) is 9.59 Å². The van der Waals surface area contributed by atoms with Crippen molar-refractivity contribution in [3.8, 4) is 11.3 Å². The van der Waals surface area contributed by atoms with Gasteiger partial charge in [0.15, 0.2) is 0 Å². The predicted molar refractivity (Wildman–Crippen MR) is 95.9 cm³/mol. The van der Waals surface area contributed by atoms with Crippen molar-refractivity contribution >= 4 is 23.2 Å². The highest BCUT2D eigenvalue weighted by Crippen LogP contribution is 2.28. The Balaban J connectivity index is 1.77. The number of hydrogen-bond acceptors (Lipinski definition) is 3. The molecule has 1 aromatic carbocycles. The summed E-state index contributed by atoms with van der Waals surface area (Å²) in [5, 5.41) is 3.42. The van der Waals surface area contributed by atoms with Gasteiger partial charge in [-0.1, -0.05) is 29.8 Å². The van der Waals surface area contributed by atoms with Gasteiger partial charge in [0.25, 0.3) is 11.5 Å². The lowest BCUT2D eigenvalue weighted by atomic mass is 10.1. The molecule has 0 aliphatic heterocycles. The van der Waals surface area contributed by atoms with Crippen molar-refractivity contribution in [2.75, 3.05) is 6.54 Å². The van der Waals surface area contributed by atoms with Crippen LogP contribution in [0.25, 0.3) is 16.9 Å². The zero-order chi connectivity index (χ0) is 17.6. The van der Waals surface area contributed by atoms with Gasteiger partial charge in [0.1, 0.15) is 5.69 Å². The maximum Gasteiger partial charge on any atom is 0.294 e. The summed E-state index contributed by atoms with van der Waals surface area (Å²) in [4.78, 5) is 29.1. The quantitative estimate of drug-likeness (QED) is 0.781. The second-order valence-electron chi connectivity index (χ2n) is 6.37. The first-order valence-electron chi connectivity index (χ1n) is 8.16. The Bertz CT molecular complexity index is 1030. The van der Waals surface area contributed by atoms with E-state index < -0.39 is 0 Å². The Kier molecular flexibility index (Phi) is 3.84. The lowest BCUT2D eigenvalue weighted by Gasteiger charge is -2.10. The number of carbonyl (C=O) groups excluding carboxylic acids is 1. The molecule has 1 saturated carbocycles. The van der Waals surface area contributed by atoms with E-state index >= 15 is 0 Å². The zero-order valence-corrected chi connectivity index (χ0v) is 14.5. The van der Waals surface area contributed by atoms with Crippen LogP contribution in [0.4, 0.5) is 0 Å². The molecule has 3 aromatic rings. The number of hydrogen-bond donors (Lipinski definition) is 1. The molecule has 128 valence electrons. The number of amides is 1. The Morgan fingerprint density at radius 3 is 2.80 bits per heavy atom. The van der Waals surface area contributed by atoms with Crippen molar-refractivity contribution in [1.29, 1.82) is 0 Å². The topological polar surface area (TPSA) is 68.4 Å². The summed E-state index contributed by atoms with van der Waals surface area (Å²) in [6.45, 7) is 0.662. The minimum atomic E-state index is -0.279. The first-order valence-corrected chi connectivity index (χ1v) is 8.54. The second kappa shape index (κ2) is 6.04. The summed E-state index contributed by atoms with van der Waals surface area (Å²) >= 11 is 6.26. The van der Waals surface area contributed by atoms with Gasteiger partial charge in [-0.15, -0.1) is 0 Å². The van der Waals surface area contributed by atoms with Crippen LogP contribution in [0.3, 0.4) is 0 Å². The molecule has 7 heteroatoms. The summed E-state index contributed by atoms with van der Waals surface area (Å²) in [6.07, 6.45) is 5.67. The van der Waals surface area contributed by atoms with Crippen molar-refractivity contribution in [3.63, 3.8) is 0 Å². The second-order valence-corrected chi connectivity index (χ2v) is 6.78. The fourth-order valence-corrected chi connectivity index (χ4v) is 3.04. The van der Waals surface area contributed by atoms with E-state index in [1.165, 1.54) is 4.57 Å². The third-order valence-corrected chi connectivity index (χ3v) is 4.81. The number of carbonyl (C=O) groups is 1. The van der Waals surface area contributed by atoms with Gasteiger partial charge in [0.05, 0.1) is 5.69 Å². The molecule has 6 nitrogen and oxygen atoms in total. The number of nitrogens with zero attached hydrogens (tertiary/aromatic N) is 3. The minimum Gasteiger partial charge on any atom is -0.350 e. The van der Waals surface area contributed by atoms with Crippen LogP contribution in [0.15, 0.2) is 41.5 Å². The number of nitrogens with one attached hydrogen (secondary N) is 1. The third kappa shape index (κ3) is 2.93. The van der Waals surface area contributed by atoms with Gasteiger partial charge in [-0.2, -0.15) is 0 Å². The maximum absolute atomic E-state index is 12.7. The standard InChI is InChI=1S/C18H17ClN4O2/c1-22-15(12-4-2-3-5-13(12)19)10-23-9-14(21-16(23)18(22)25)17(24)20-8-11-6-7-11/h2-5,9-11H,6-8H2,1H3,(H,20,24). The van der Waals surface area contributed by atoms with Crippen LogP contribution in [0.5, 0.6) is 0 Å². The fourth-order valence-electron chi connectivity index (χ4n) is 2.81. The highest BCUT2D eigenvalue weighted by Gasteiger charge is 2.23. The van der Waals surface area contributed by atoms with Gasteiger partial charge < -0.3 is 9.88 Å². The van der Waals surface area contributed by atoms with Crippen LogP contribution in [0.2, 0.25) is 5.02 Å². The molecule has 25 heavy (non-hydrogen) atoms. The number of benzene rings is 1. The van der Waals surface area contributed by atoms with E-state index in [0.29, 0.717) is 23.2 Å².